The highest BCUT2D eigenvalue weighted by molar-refractivity contribution is 6.32. The minimum atomic E-state index is -4.79. The number of pyridine rings is 1. The molecule has 0 aliphatic heterocycles. The molecule has 0 atom stereocenters. The number of hydrogen-bond donors (Lipinski definition) is 0. The van der Waals surface area contributed by atoms with Crippen molar-refractivity contribution in [2.75, 3.05) is 13.7 Å². The van der Waals surface area contributed by atoms with Gasteiger partial charge >= 0.3 is 6.18 Å². The Balaban J connectivity index is 1.51. The second-order valence-electron chi connectivity index (χ2n) is 9.99. The summed E-state index contributed by atoms with van der Waals surface area (Å²) in [6.07, 6.45) is 1.47. The molecule has 2 heterocycles. The molecular formula is C29H26ClF3N6O4. The van der Waals surface area contributed by atoms with Gasteiger partial charge in [0.1, 0.15) is 11.3 Å². The SMILES string of the molecule is COc1ccc(-c2nc(-c3ccncc3)nn2CCN(C(=O)c2ccc(C(F)(F)F)cc2[N+](=O)[O-])C2CCCC2)cc1Cl. The molecule has 1 aliphatic carbocycles. The Bertz CT molecular complexity index is 1640. The van der Waals surface area contributed by atoms with Crippen LogP contribution in [0.15, 0.2) is 60.9 Å². The standard InChI is InChI=1S/C29H26ClF3N6O4/c1-43-25-9-6-19(16-23(25)30)27-35-26(18-10-12-34-13-11-18)36-38(27)15-14-37(21-4-2-3-5-21)28(40)22-8-7-20(29(31,32)33)17-24(22)39(41)42/h6-13,16-17,21H,2-5,14-15H2,1H3. The summed E-state index contributed by atoms with van der Waals surface area (Å²) in [6, 6.07) is 10.4. The lowest BCUT2D eigenvalue weighted by Gasteiger charge is -2.29. The third-order valence-electron chi connectivity index (χ3n) is 7.35. The van der Waals surface area contributed by atoms with Gasteiger partial charge in [0.05, 0.1) is 29.2 Å². The van der Waals surface area contributed by atoms with Gasteiger partial charge < -0.3 is 9.64 Å². The Morgan fingerprint density at radius 3 is 2.47 bits per heavy atom. The molecule has 4 aromatic rings. The van der Waals surface area contributed by atoms with Gasteiger partial charge in [0, 0.05) is 42.2 Å². The second kappa shape index (κ2) is 12.4. The number of alkyl halides is 3. The average molecular weight is 615 g/mol. The van der Waals surface area contributed by atoms with Crippen LogP contribution in [0.5, 0.6) is 5.75 Å². The van der Waals surface area contributed by atoms with Gasteiger partial charge in [-0.2, -0.15) is 18.3 Å². The van der Waals surface area contributed by atoms with Crippen LogP contribution in [-0.2, 0) is 12.7 Å². The van der Waals surface area contributed by atoms with Crippen molar-refractivity contribution in [2.24, 2.45) is 0 Å². The van der Waals surface area contributed by atoms with Crippen LogP contribution in [0.4, 0.5) is 18.9 Å². The van der Waals surface area contributed by atoms with Crippen LogP contribution in [0, 0.1) is 10.1 Å². The molecule has 43 heavy (non-hydrogen) atoms. The number of amides is 1. The molecule has 0 N–H and O–H groups in total. The van der Waals surface area contributed by atoms with Gasteiger partial charge in [-0.1, -0.05) is 24.4 Å². The van der Waals surface area contributed by atoms with Gasteiger partial charge in [-0.05, 0) is 55.3 Å². The maximum Gasteiger partial charge on any atom is 0.416 e. The summed E-state index contributed by atoms with van der Waals surface area (Å²) in [4.78, 5) is 34.8. The molecule has 2 aromatic heterocycles. The minimum Gasteiger partial charge on any atom is -0.495 e. The summed E-state index contributed by atoms with van der Waals surface area (Å²) in [6.45, 7) is 0.228. The number of carbonyl (C=O) groups excluding carboxylic acids is 1. The Morgan fingerprint density at radius 2 is 1.84 bits per heavy atom. The molecule has 0 radical (unpaired) electrons. The van der Waals surface area contributed by atoms with Gasteiger partial charge in [-0.25, -0.2) is 9.67 Å². The number of nitro benzene ring substituents is 1. The minimum absolute atomic E-state index is 0.0811. The molecule has 0 spiro atoms. The van der Waals surface area contributed by atoms with Crippen LogP contribution in [0.2, 0.25) is 5.02 Å². The van der Waals surface area contributed by atoms with Crippen molar-refractivity contribution in [3.05, 3.63) is 87.2 Å². The molecular weight excluding hydrogens is 589 g/mol. The van der Waals surface area contributed by atoms with E-state index in [2.05, 4.69) is 10.1 Å². The first-order chi connectivity index (χ1) is 20.6. The van der Waals surface area contributed by atoms with Crippen LogP contribution in [0.3, 0.4) is 0 Å². The zero-order valence-corrected chi connectivity index (χ0v) is 23.7. The number of rotatable bonds is 9. The lowest BCUT2D eigenvalue weighted by molar-refractivity contribution is -0.385. The van der Waals surface area contributed by atoms with Crippen molar-refractivity contribution < 1.29 is 27.6 Å². The number of hydrogen-bond acceptors (Lipinski definition) is 7. The third-order valence-corrected chi connectivity index (χ3v) is 7.65. The molecule has 1 amide bonds. The number of benzene rings is 2. The largest absolute Gasteiger partial charge is 0.495 e. The zero-order chi connectivity index (χ0) is 30.7. The molecule has 1 saturated carbocycles. The summed E-state index contributed by atoms with van der Waals surface area (Å²) < 4.78 is 46.8. The van der Waals surface area contributed by atoms with E-state index in [-0.39, 0.29) is 19.1 Å². The highest BCUT2D eigenvalue weighted by Gasteiger charge is 2.36. The Labute approximate surface area is 249 Å². The van der Waals surface area contributed by atoms with Gasteiger partial charge in [0.25, 0.3) is 11.6 Å². The number of ether oxygens (including phenoxy) is 1. The van der Waals surface area contributed by atoms with E-state index in [1.165, 1.54) is 12.0 Å². The number of nitro groups is 1. The number of carbonyl (C=O) groups is 1. The Morgan fingerprint density at radius 1 is 1.12 bits per heavy atom. The smallest absolute Gasteiger partial charge is 0.416 e. The number of methoxy groups -OCH3 is 1. The molecule has 1 aliphatic rings. The molecule has 10 nitrogen and oxygen atoms in total. The Kier molecular flexibility index (Phi) is 8.62. The summed E-state index contributed by atoms with van der Waals surface area (Å²) in [7, 11) is 1.50. The highest BCUT2D eigenvalue weighted by atomic mass is 35.5. The van der Waals surface area contributed by atoms with E-state index in [9.17, 15) is 28.1 Å². The molecule has 1 fully saturated rings. The van der Waals surface area contributed by atoms with Crippen molar-refractivity contribution in [1.82, 2.24) is 24.6 Å². The molecule has 0 saturated heterocycles. The van der Waals surface area contributed by atoms with Crippen LogP contribution in [0.25, 0.3) is 22.8 Å². The van der Waals surface area contributed by atoms with Crippen molar-refractivity contribution in [3.8, 4) is 28.5 Å². The topological polar surface area (TPSA) is 116 Å². The fraction of sp³-hybridized carbons (Fsp3) is 0.310. The lowest BCUT2D eigenvalue weighted by Crippen LogP contribution is -2.41. The van der Waals surface area contributed by atoms with Gasteiger partial charge in [0.2, 0.25) is 0 Å². The van der Waals surface area contributed by atoms with Crippen LogP contribution in [0.1, 0.15) is 41.6 Å². The van der Waals surface area contributed by atoms with Gasteiger partial charge in [-0.15, -0.1) is 0 Å². The summed E-state index contributed by atoms with van der Waals surface area (Å²) in [5.41, 5.74) is -1.15. The molecule has 14 heteroatoms. The Hall–Kier alpha value is -4.52. The third kappa shape index (κ3) is 6.46. The molecule has 0 bridgehead atoms. The van der Waals surface area contributed by atoms with E-state index in [0.29, 0.717) is 58.5 Å². The van der Waals surface area contributed by atoms with E-state index >= 15 is 0 Å². The fourth-order valence-electron chi connectivity index (χ4n) is 5.20. The van der Waals surface area contributed by atoms with E-state index in [4.69, 9.17) is 21.3 Å². The second-order valence-corrected chi connectivity index (χ2v) is 10.4. The quantitative estimate of drug-likeness (QED) is 0.152. The van der Waals surface area contributed by atoms with Crippen molar-refractivity contribution in [1.29, 1.82) is 0 Å². The van der Waals surface area contributed by atoms with Crippen LogP contribution < -0.4 is 4.74 Å². The van der Waals surface area contributed by atoms with Gasteiger partial charge in [0.15, 0.2) is 11.6 Å². The first kappa shape index (κ1) is 30.0. The van der Waals surface area contributed by atoms with Crippen LogP contribution >= 0.6 is 11.6 Å². The first-order valence-corrected chi connectivity index (χ1v) is 13.8. The maximum absolute atomic E-state index is 13.8. The number of halogens is 4. The average Bonchev–Trinajstić information content (AvgIpc) is 3.68. The summed E-state index contributed by atoms with van der Waals surface area (Å²) >= 11 is 6.39. The fourth-order valence-corrected chi connectivity index (χ4v) is 5.46. The normalized spacial score (nSPS) is 13.7. The first-order valence-electron chi connectivity index (χ1n) is 13.4. The zero-order valence-electron chi connectivity index (χ0n) is 22.9. The lowest BCUT2D eigenvalue weighted by atomic mass is 10.1. The molecule has 2 aromatic carbocycles. The van der Waals surface area contributed by atoms with E-state index in [0.717, 1.165) is 18.9 Å². The number of nitrogens with zero attached hydrogens (tertiary/aromatic N) is 6. The predicted molar refractivity (Wildman–Crippen MR) is 152 cm³/mol. The van der Waals surface area contributed by atoms with E-state index < -0.39 is 33.8 Å². The van der Waals surface area contributed by atoms with Crippen molar-refractivity contribution in [2.45, 2.75) is 44.4 Å². The van der Waals surface area contributed by atoms with Crippen molar-refractivity contribution >= 4 is 23.2 Å². The maximum atomic E-state index is 13.8. The molecule has 224 valence electrons. The van der Waals surface area contributed by atoms with Crippen LogP contribution in [-0.4, -0.2) is 55.2 Å². The molecule has 5 rings (SSSR count). The predicted octanol–water partition coefficient (Wildman–Crippen LogP) is 6.68. The van der Waals surface area contributed by atoms with Gasteiger partial charge in [-0.3, -0.25) is 19.9 Å². The summed E-state index contributed by atoms with van der Waals surface area (Å²) in [5.74, 6) is 0.620. The van der Waals surface area contributed by atoms with Crippen molar-refractivity contribution in [3.63, 3.8) is 0 Å². The summed E-state index contributed by atoms with van der Waals surface area (Å²) in [5, 5.41) is 16.8. The van der Waals surface area contributed by atoms with E-state index in [1.807, 2.05) is 0 Å². The number of aromatic nitrogens is 4. The van der Waals surface area contributed by atoms with E-state index in [1.54, 1.807) is 47.4 Å². The highest BCUT2D eigenvalue weighted by Crippen LogP contribution is 2.35. The molecule has 0 unspecified atom stereocenters. The monoisotopic (exact) mass is 614 g/mol.